The molecule has 0 radical (unpaired) electrons. The number of nitriles is 2. The Hall–Kier alpha value is -2.30. The highest BCUT2D eigenvalue weighted by Crippen LogP contribution is 2.38. The Kier molecular flexibility index (Phi) is 4.18. The fourth-order valence-electron chi connectivity index (χ4n) is 1.69. The van der Waals surface area contributed by atoms with Crippen LogP contribution in [0.3, 0.4) is 0 Å². The molecule has 2 N–H and O–H groups in total. The Bertz CT molecular complexity index is 601. The zero-order valence-electron chi connectivity index (χ0n) is 10.3. The molecule has 94 valence electrons. The van der Waals surface area contributed by atoms with Crippen molar-refractivity contribution in [1.82, 2.24) is 0 Å². The lowest BCUT2D eigenvalue weighted by Gasteiger charge is -2.00. The molecule has 1 aromatic heterocycles. The first-order valence-corrected chi connectivity index (χ1v) is 6.85. The van der Waals surface area contributed by atoms with Crippen molar-refractivity contribution < 1.29 is 0 Å². The number of nitrogens with two attached hydrogens (primary N) is 1. The third-order valence-corrected chi connectivity index (χ3v) is 3.70. The minimum Gasteiger partial charge on any atom is -0.397 e. The van der Waals surface area contributed by atoms with Crippen LogP contribution in [0, 0.1) is 28.6 Å². The molecule has 0 aliphatic heterocycles. The van der Waals surface area contributed by atoms with Crippen LogP contribution in [-0.2, 0) is 0 Å². The van der Waals surface area contributed by atoms with E-state index >= 15 is 0 Å². The van der Waals surface area contributed by atoms with Gasteiger partial charge in [0.05, 0.1) is 5.70 Å². The van der Waals surface area contributed by atoms with Crippen molar-refractivity contribution in [1.29, 1.82) is 10.5 Å². The van der Waals surface area contributed by atoms with Crippen LogP contribution in [0.25, 0.3) is 6.08 Å². The molecule has 0 bridgehead atoms. The van der Waals surface area contributed by atoms with Crippen molar-refractivity contribution in [3.05, 3.63) is 51.4 Å². The fourth-order valence-corrected chi connectivity index (χ4v) is 2.31. The van der Waals surface area contributed by atoms with Gasteiger partial charge in [0.25, 0.3) is 0 Å². The van der Waals surface area contributed by atoms with Gasteiger partial charge < -0.3 is 5.73 Å². The summed E-state index contributed by atoms with van der Waals surface area (Å²) in [6.45, 7) is 0. The molecule has 2 rings (SSSR count). The van der Waals surface area contributed by atoms with Gasteiger partial charge in [0.15, 0.2) is 5.57 Å². The molecule has 4 heteroatoms. The molecular formula is C15H13N3S. The Labute approximate surface area is 116 Å². The monoisotopic (exact) mass is 267 g/mol. The van der Waals surface area contributed by atoms with Crippen LogP contribution in [0.4, 0.5) is 0 Å². The molecule has 0 atom stereocenters. The van der Waals surface area contributed by atoms with Crippen molar-refractivity contribution >= 4 is 17.4 Å². The van der Waals surface area contributed by atoms with Crippen LogP contribution >= 0.6 is 11.3 Å². The van der Waals surface area contributed by atoms with E-state index in [0.29, 0.717) is 5.92 Å². The number of nitrogens with zero attached hydrogens (tertiary/aromatic N) is 2. The molecule has 0 spiro atoms. The molecule has 3 nitrogen and oxygen atoms in total. The van der Waals surface area contributed by atoms with Crippen molar-refractivity contribution in [2.75, 3.05) is 0 Å². The quantitative estimate of drug-likeness (QED) is 0.671. The first-order valence-electron chi connectivity index (χ1n) is 5.97. The molecule has 0 unspecified atom stereocenters. The zero-order valence-corrected chi connectivity index (χ0v) is 11.2. The van der Waals surface area contributed by atoms with Gasteiger partial charge in [0.2, 0.25) is 0 Å². The van der Waals surface area contributed by atoms with E-state index in [4.69, 9.17) is 16.3 Å². The van der Waals surface area contributed by atoms with Gasteiger partial charge >= 0.3 is 0 Å². The van der Waals surface area contributed by atoms with Crippen molar-refractivity contribution in [2.24, 2.45) is 11.7 Å². The maximum Gasteiger partial charge on any atom is 0.152 e. The second kappa shape index (κ2) is 6.04. The van der Waals surface area contributed by atoms with E-state index in [2.05, 4.69) is 0 Å². The van der Waals surface area contributed by atoms with Crippen LogP contribution in [0.1, 0.15) is 17.7 Å². The van der Waals surface area contributed by atoms with E-state index < -0.39 is 0 Å². The normalized spacial score (nSPS) is 14.9. The van der Waals surface area contributed by atoms with Gasteiger partial charge in [-0.05, 0) is 47.9 Å². The second-order valence-electron chi connectivity index (χ2n) is 4.32. The lowest BCUT2D eigenvalue weighted by molar-refractivity contribution is 1.05. The van der Waals surface area contributed by atoms with E-state index in [9.17, 15) is 0 Å². The fraction of sp³-hybridized carbons (Fsp3) is 0.200. The van der Waals surface area contributed by atoms with Crippen molar-refractivity contribution in [2.45, 2.75) is 12.8 Å². The van der Waals surface area contributed by atoms with Gasteiger partial charge in [-0.25, -0.2) is 0 Å². The summed E-state index contributed by atoms with van der Waals surface area (Å²) in [6, 6.07) is 7.67. The van der Waals surface area contributed by atoms with E-state index in [1.54, 1.807) is 17.4 Å². The van der Waals surface area contributed by atoms with E-state index in [1.165, 1.54) is 4.88 Å². The van der Waals surface area contributed by atoms with Gasteiger partial charge in [-0.15, -0.1) is 11.3 Å². The summed E-state index contributed by atoms with van der Waals surface area (Å²) in [5.74, 6) is 0.508. The largest absolute Gasteiger partial charge is 0.397 e. The van der Waals surface area contributed by atoms with E-state index in [-0.39, 0.29) is 11.3 Å². The predicted molar refractivity (Wildman–Crippen MR) is 76.6 cm³/mol. The van der Waals surface area contributed by atoms with Crippen LogP contribution in [-0.4, -0.2) is 0 Å². The van der Waals surface area contributed by atoms with Gasteiger partial charge in [-0.3, -0.25) is 0 Å². The molecular weight excluding hydrogens is 254 g/mol. The molecule has 1 aromatic rings. The molecule has 0 aromatic carbocycles. The van der Waals surface area contributed by atoms with Crippen molar-refractivity contribution in [3.63, 3.8) is 0 Å². The average molecular weight is 267 g/mol. The highest BCUT2D eigenvalue weighted by atomic mass is 32.1. The summed E-state index contributed by atoms with van der Waals surface area (Å²) in [5, 5.41) is 19.6. The standard InChI is InChI=1S/C15H13N3S/c16-9-13(10-17)15(18)8-12(11-3-4-11)5-6-14-2-1-7-19-14/h1-2,5-8,11H,3-4,18H2. The first-order chi connectivity index (χ1) is 9.24. The minimum absolute atomic E-state index is 0.0253. The number of hydrogen-bond acceptors (Lipinski definition) is 4. The topological polar surface area (TPSA) is 73.6 Å². The number of rotatable bonds is 4. The summed E-state index contributed by atoms with van der Waals surface area (Å²) in [5.41, 5.74) is 7.10. The number of hydrogen-bond donors (Lipinski definition) is 1. The Morgan fingerprint density at radius 3 is 2.63 bits per heavy atom. The molecule has 1 fully saturated rings. The van der Waals surface area contributed by atoms with E-state index in [0.717, 1.165) is 18.4 Å². The van der Waals surface area contributed by atoms with Gasteiger partial charge in [0.1, 0.15) is 12.1 Å². The lowest BCUT2D eigenvalue weighted by atomic mass is 10.1. The lowest BCUT2D eigenvalue weighted by Crippen LogP contribution is -1.99. The van der Waals surface area contributed by atoms with E-state index in [1.807, 2.05) is 41.8 Å². The molecule has 1 aliphatic rings. The number of allylic oxidation sites excluding steroid dienone is 4. The summed E-state index contributed by atoms with van der Waals surface area (Å²) in [7, 11) is 0. The van der Waals surface area contributed by atoms with Crippen LogP contribution < -0.4 is 5.73 Å². The molecule has 0 saturated heterocycles. The third-order valence-electron chi connectivity index (χ3n) is 2.87. The average Bonchev–Trinajstić information content (AvgIpc) is 3.12. The first kappa shape index (κ1) is 13.1. The smallest absolute Gasteiger partial charge is 0.152 e. The maximum absolute atomic E-state index is 8.79. The summed E-state index contributed by atoms with van der Waals surface area (Å²) < 4.78 is 0. The van der Waals surface area contributed by atoms with Crippen LogP contribution in [0.5, 0.6) is 0 Å². The molecule has 1 heterocycles. The molecule has 1 saturated carbocycles. The summed E-state index contributed by atoms with van der Waals surface area (Å²) in [6.07, 6.45) is 8.11. The van der Waals surface area contributed by atoms with Crippen molar-refractivity contribution in [3.8, 4) is 12.1 Å². The van der Waals surface area contributed by atoms with Gasteiger partial charge in [0, 0.05) is 4.88 Å². The Balaban J connectivity index is 2.24. The second-order valence-corrected chi connectivity index (χ2v) is 5.30. The predicted octanol–water partition coefficient (Wildman–Crippen LogP) is 3.36. The SMILES string of the molecule is N#CC(C#N)=C(N)C=C(C=Cc1cccs1)C1CC1. The van der Waals surface area contributed by atoms with Crippen LogP contribution in [0.15, 0.2) is 46.5 Å². The Morgan fingerprint density at radius 2 is 2.11 bits per heavy atom. The number of thiophene rings is 1. The minimum atomic E-state index is -0.0253. The highest BCUT2D eigenvalue weighted by Gasteiger charge is 2.24. The highest BCUT2D eigenvalue weighted by molar-refractivity contribution is 7.10. The maximum atomic E-state index is 8.79. The van der Waals surface area contributed by atoms with Crippen LogP contribution in [0.2, 0.25) is 0 Å². The Morgan fingerprint density at radius 1 is 1.37 bits per heavy atom. The third kappa shape index (κ3) is 3.58. The molecule has 19 heavy (non-hydrogen) atoms. The van der Waals surface area contributed by atoms with Gasteiger partial charge in [-0.2, -0.15) is 10.5 Å². The molecule has 1 aliphatic carbocycles. The molecule has 0 amide bonds. The zero-order chi connectivity index (χ0) is 13.7. The summed E-state index contributed by atoms with van der Waals surface area (Å²) >= 11 is 1.67. The summed E-state index contributed by atoms with van der Waals surface area (Å²) in [4.78, 5) is 1.18. The van der Waals surface area contributed by atoms with Gasteiger partial charge in [-0.1, -0.05) is 12.1 Å².